The first-order chi connectivity index (χ1) is 24.7. The third kappa shape index (κ3) is 40.8. The highest BCUT2D eigenvalue weighted by Crippen LogP contribution is 2.16. The summed E-state index contributed by atoms with van der Waals surface area (Å²) in [6, 6.07) is 0. The van der Waals surface area contributed by atoms with Gasteiger partial charge in [-0.2, -0.15) is 0 Å². The number of esters is 1. The second-order valence-corrected chi connectivity index (χ2v) is 14.4. The first-order valence-electron chi connectivity index (χ1n) is 21.7. The van der Waals surface area contributed by atoms with E-state index in [-0.39, 0.29) is 19.2 Å². The lowest BCUT2D eigenvalue weighted by molar-refractivity contribution is -0.154. The molecule has 0 aromatic heterocycles. The molecule has 1 N–H and O–H groups in total. The summed E-state index contributed by atoms with van der Waals surface area (Å²) >= 11 is 0. The SMILES string of the molecule is CC/C=C\C/C=C\C/C=C\C/C=C\CCCCCOCC(CO)OC(=O)CCCCCCCCCCCCCCCCCCCCCCCC. The first kappa shape index (κ1) is 48.3. The van der Waals surface area contributed by atoms with Crippen molar-refractivity contribution >= 4 is 5.97 Å². The molecule has 0 heterocycles. The molecule has 50 heavy (non-hydrogen) atoms. The van der Waals surface area contributed by atoms with Crippen molar-refractivity contribution in [3.8, 4) is 0 Å². The molecule has 0 aromatic carbocycles. The van der Waals surface area contributed by atoms with Gasteiger partial charge in [0.05, 0.1) is 13.2 Å². The lowest BCUT2D eigenvalue weighted by Gasteiger charge is -2.15. The highest BCUT2D eigenvalue weighted by molar-refractivity contribution is 5.69. The Bertz CT molecular complexity index is 783. The Balaban J connectivity index is 3.43. The molecule has 0 amide bonds. The number of hydrogen-bond acceptors (Lipinski definition) is 4. The maximum Gasteiger partial charge on any atom is 0.306 e. The van der Waals surface area contributed by atoms with Crippen LogP contribution in [0.3, 0.4) is 0 Å². The molecule has 1 atom stereocenters. The van der Waals surface area contributed by atoms with E-state index >= 15 is 0 Å². The van der Waals surface area contributed by atoms with Gasteiger partial charge in [0.1, 0.15) is 6.10 Å². The first-order valence-corrected chi connectivity index (χ1v) is 21.7. The van der Waals surface area contributed by atoms with E-state index in [1.807, 2.05) is 0 Å². The number of carbonyl (C=O) groups is 1. The lowest BCUT2D eigenvalue weighted by Crippen LogP contribution is -2.27. The summed E-state index contributed by atoms with van der Waals surface area (Å²) in [5, 5.41) is 9.59. The maximum absolute atomic E-state index is 12.2. The standard InChI is InChI=1S/C46H84O4/c1-3-5-7-9-11-13-15-17-19-21-22-23-24-25-26-27-29-31-33-35-37-39-41-46(48)50-45(43-47)44-49-42-40-38-36-34-32-30-28-20-18-16-14-12-10-8-6-4-2/h6,8,12,14,18,20,30,32,45,47H,3-5,7,9-11,13,15-17,19,21-29,31,33-44H2,1-2H3/b8-6-,14-12-,20-18-,32-30-. The average Bonchev–Trinajstić information content (AvgIpc) is 3.12. The Morgan fingerprint density at radius 1 is 0.500 bits per heavy atom. The van der Waals surface area contributed by atoms with Gasteiger partial charge in [-0.25, -0.2) is 0 Å². The Labute approximate surface area is 312 Å². The van der Waals surface area contributed by atoms with Crippen LogP contribution < -0.4 is 0 Å². The molecule has 0 rings (SSSR count). The van der Waals surface area contributed by atoms with Gasteiger partial charge in [-0.15, -0.1) is 0 Å². The van der Waals surface area contributed by atoms with Crippen molar-refractivity contribution < 1.29 is 19.4 Å². The Morgan fingerprint density at radius 3 is 1.34 bits per heavy atom. The molecule has 0 spiro atoms. The Kier molecular flexibility index (Phi) is 42.1. The second kappa shape index (κ2) is 43.5. The third-order valence-electron chi connectivity index (χ3n) is 9.42. The van der Waals surface area contributed by atoms with Gasteiger partial charge in [-0.05, 0) is 51.4 Å². The summed E-state index contributed by atoms with van der Waals surface area (Å²) in [7, 11) is 0. The zero-order chi connectivity index (χ0) is 36.3. The van der Waals surface area contributed by atoms with Gasteiger partial charge < -0.3 is 14.6 Å². The molecule has 0 saturated heterocycles. The summed E-state index contributed by atoms with van der Waals surface area (Å²) < 4.78 is 11.1. The molecule has 0 fully saturated rings. The zero-order valence-electron chi connectivity index (χ0n) is 33.4. The number of aliphatic hydroxyl groups is 1. The molecule has 0 aliphatic rings. The number of allylic oxidation sites excluding steroid dienone is 8. The number of aliphatic hydroxyl groups excluding tert-OH is 1. The Hall–Kier alpha value is -1.65. The van der Waals surface area contributed by atoms with Crippen LogP contribution in [0.25, 0.3) is 0 Å². The van der Waals surface area contributed by atoms with E-state index in [2.05, 4.69) is 62.5 Å². The molecule has 0 aliphatic carbocycles. The number of unbranched alkanes of at least 4 members (excludes halogenated alkanes) is 24. The van der Waals surface area contributed by atoms with Gasteiger partial charge in [0, 0.05) is 13.0 Å². The predicted molar refractivity (Wildman–Crippen MR) is 219 cm³/mol. The van der Waals surface area contributed by atoms with Crippen molar-refractivity contribution in [2.75, 3.05) is 19.8 Å². The van der Waals surface area contributed by atoms with E-state index in [0.717, 1.165) is 64.2 Å². The smallest absolute Gasteiger partial charge is 0.306 e. The van der Waals surface area contributed by atoms with Crippen molar-refractivity contribution in [3.63, 3.8) is 0 Å². The van der Waals surface area contributed by atoms with Crippen LogP contribution in [0.15, 0.2) is 48.6 Å². The fourth-order valence-electron chi connectivity index (χ4n) is 6.20. The second-order valence-electron chi connectivity index (χ2n) is 14.4. The quantitative estimate of drug-likeness (QED) is 0.0393. The van der Waals surface area contributed by atoms with Crippen molar-refractivity contribution in [3.05, 3.63) is 48.6 Å². The number of rotatable bonds is 40. The van der Waals surface area contributed by atoms with E-state index < -0.39 is 6.10 Å². The van der Waals surface area contributed by atoms with Gasteiger partial charge in [0.15, 0.2) is 0 Å². The molecule has 292 valence electrons. The van der Waals surface area contributed by atoms with Crippen LogP contribution in [0.5, 0.6) is 0 Å². The fraction of sp³-hybridized carbons (Fsp3) is 0.804. The fourth-order valence-corrected chi connectivity index (χ4v) is 6.20. The Morgan fingerprint density at radius 2 is 0.900 bits per heavy atom. The monoisotopic (exact) mass is 701 g/mol. The van der Waals surface area contributed by atoms with E-state index in [9.17, 15) is 9.90 Å². The summed E-state index contributed by atoms with van der Waals surface area (Å²) in [5.41, 5.74) is 0. The van der Waals surface area contributed by atoms with Crippen molar-refractivity contribution in [1.29, 1.82) is 0 Å². The van der Waals surface area contributed by atoms with Gasteiger partial charge in [-0.1, -0.05) is 204 Å². The van der Waals surface area contributed by atoms with Crippen LogP contribution >= 0.6 is 0 Å². The van der Waals surface area contributed by atoms with E-state index in [4.69, 9.17) is 9.47 Å². The minimum Gasteiger partial charge on any atom is -0.457 e. The van der Waals surface area contributed by atoms with Crippen molar-refractivity contribution in [1.82, 2.24) is 0 Å². The van der Waals surface area contributed by atoms with E-state index in [0.29, 0.717) is 13.0 Å². The summed E-state index contributed by atoms with van der Waals surface area (Å²) in [6.45, 7) is 5.18. The molecule has 0 aliphatic heterocycles. The largest absolute Gasteiger partial charge is 0.457 e. The molecule has 0 saturated carbocycles. The maximum atomic E-state index is 12.2. The molecule has 4 nitrogen and oxygen atoms in total. The molecule has 0 bridgehead atoms. The summed E-state index contributed by atoms with van der Waals surface area (Å²) in [4.78, 5) is 12.2. The lowest BCUT2D eigenvalue weighted by atomic mass is 10.0. The topological polar surface area (TPSA) is 55.8 Å². The molecular weight excluding hydrogens is 617 g/mol. The van der Waals surface area contributed by atoms with Crippen LogP contribution in [0.1, 0.15) is 213 Å². The normalized spacial score (nSPS) is 12.8. The molecule has 0 radical (unpaired) electrons. The van der Waals surface area contributed by atoms with E-state index in [1.54, 1.807) is 0 Å². The molecule has 0 aromatic rings. The van der Waals surface area contributed by atoms with Crippen LogP contribution in [-0.4, -0.2) is 37.0 Å². The minimum atomic E-state index is -0.549. The van der Waals surface area contributed by atoms with Crippen LogP contribution in [0.4, 0.5) is 0 Å². The minimum absolute atomic E-state index is 0.184. The highest BCUT2D eigenvalue weighted by atomic mass is 16.6. The molecule has 4 heteroatoms. The van der Waals surface area contributed by atoms with Crippen LogP contribution in [0, 0.1) is 0 Å². The predicted octanol–water partition coefficient (Wildman–Crippen LogP) is 14.3. The third-order valence-corrected chi connectivity index (χ3v) is 9.42. The number of ether oxygens (including phenoxy) is 2. The van der Waals surface area contributed by atoms with Gasteiger partial charge in [0.25, 0.3) is 0 Å². The highest BCUT2D eigenvalue weighted by Gasteiger charge is 2.13. The summed E-state index contributed by atoms with van der Waals surface area (Å²) in [5.74, 6) is -0.209. The number of carbonyl (C=O) groups excluding carboxylic acids is 1. The number of hydrogen-bond donors (Lipinski definition) is 1. The van der Waals surface area contributed by atoms with Crippen LogP contribution in [-0.2, 0) is 14.3 Å². The van der Waals surface area contributed by atoms with Crippen molar-refractivity contribution in [2.24, 2.45) is 0 Å². The van der Waals surface area contributed by atoms with Gasteiger partial charge >= 0.3 is 5.97 Å². The van der Waals surface area contributed by atoms with Gasteiger partial charge in [0.2, 0.25) is 0 Å². The van der Waals surface area contributed by atoms with Gasteiger partial charge in [-0.3, -0.25) is 4.79 Å². The molecule has 1 unspecified atom stereocenters. The average molecular weight is 701 g/mol. The van der Waals surface area contributed by atoms with Crippen LogP contribution in [0.2, 0.25) is 0 Å². The van der Waals surface area contributed by atoms with E-state index in [1.165, 1.54) is 128 Å². The summed E-state index contributed by atoms with van der Waals surface area (Å²) in [6.07, 6.45) is 56.1. The molecular formula is C46H84O4. The van der Waals surface area contributed by atoms with Crippen molar-refractivity contribution in [2.45, 2.75) is 219 Å². The zero-order valence-corrected chi connectivity index (χ0v) is 33.4.